The summed E-state index contributed by atoms with van der Waals surface area (Å²) in [7, 11) is 1.82. The molecule has 1 aromatic carbocycles. The first-order chi connectivity index (χ1) is 10.8. The lowest BCUT2D eigenvalue weighted by Gasteiger charge is -2.38. The third-order valence-corrected chi connectivity index (χ3v) is 4.06. The van der Waals surface area contributed by atoms with Crippen molar-refractivity contribution in [1.29, 1.82) is 5.26 Å². The second-order valence-corrected chi connectivity index (χ2v) is 6.97. The highest BCUT2D eigenvalue weighted by atomic mass is 16.6. The zero-order valence-electron chi connectivity index (χ0n) is 14.4. The molecule has 1 saturated heterocycles. The molecule has 1 aromatic rings. The summed E-state index contributed by atoms with van der Waals surface area (Å²) in [6, 6.07) is 9.99. The summed E-state index contributed by atoms with van der Waals surface area (Å²) >= 11 is 0. The largest absolute Gasteiger partial charge is 0.444 e. The average molecular weight is 315 g/mol. The van der Waals surface area contributed by atoms with Gasteiger partial charge in [-0.3, -0.25) is 0 Å². The molecule has 0 aliphatic carbocycles. The van der Waals surface area contributed by atoms with E-state index in [1.165, 1.54) is 0 Å². The smallest absolute Gasteiger partial charge is 0.410 e. The number of amides is 1. The first-order valence-corrected chi connectivity index (χ1v) is 8.01. The summed E-state index contributed by atoms with van der Waals surface area (Å²) in [6.45, 7) is 7.43. The van der Waals surface area contributed by atoms with Crippen LogP contribution < -0.4 is 4.90 Å². The highest BCUT2D eigenvalue weighted by molar-refractivity contribution is 5.68. The van der Waals surface area contributed by atoms with E-state index in [1.807, 2.05) is 52.1 Å². The summed E-state index contributed by atoms with van der Waals surface area (Å²) in [4.78, 5) is 16.2. The number of carbonyl (C=O) groups is 1. The Kier molecular flexibility index (Phi) is 5.15. The lowest BCUT2D eigenvalue weighted by atomic mass is 10.0. The van der Waals surface area contributed by atoms with Crippen molar-refractivity contribution < 1.29 is 9.53 Å². The minimum Gasteiger partial charge on any atom is -0.444 e. The van der Waals surface area contributed by atoms with E-state index in [9.17, 15) is 4.79 Å². The fourth-order valence-corrected chi connectivity index (χ4v) is 2.74. The maximum atomic E-state index is 12.1. The number of piperidine rings is 1. The Bertz CT molecular complexity index is 576. The van der Waals surface area contributed by atoms with E-state index in [-0.39, 0.29) is 12.1 Å². The second kappa shape index (κ2) is 6.91. The maximum absolute atomic E-state index is 12.1. The predicted octanol–water partition coefficient (Wildman–Crippen LogP) is 3.39. The van der Waals surface area contributed by atoms with Crippen LogP contribution in [0.1, 0.15) is 39.2 Å². The SMILES string of the molecule is CN(C(=O)OC(C)(C)C)C1CCN(c2ccc(C#N)cc2)CC1. The van der Waals surface area contributed by atoms with Crippen LogP contribution in [0.15, 0.2) is 24.3 Å². The van der Waals surface area contributed by atoms with Gasteiger partial charge in [0.25, 0.3) is 0 Å². The molecule has 0 bridgehead atoms. The van der Waals surface area contributed by atoms with Crippen molar-refractivity contribution in [2.45, 2.75) is 45.3 Å². The molecular formula is C18H25N3O2. The Morgan fingerprint density at radius 3 is 2.30 bits per heavy atom. The minimum atomic E-state index is -0.464. The van der Waals surface area contributed by atoms with Gasteiger partial charge in [0.15, 0.2) is 0 Å². The molecule has 1 fully saturated rings. The molecule has 1 aliphatic rings. The number of carbonyl (C=O) groups excluding carboxylic acids is 1. The monoisotopic (exact) mass is 315 g/mol. The molecule has 5 nitrogen and oxygen atoms in total. The maximum Gasteiger partial charge on any atom is 0.410 e. The number of benzene rings is 1. The molecule has 124 valence electrons. The summed E-state index contributed by atoms with van der Waals surface area (Å²) in [5.41, 5.74) is 1.34. The number of ether oxygens (including phenoxy) is 1. The molecule has 0 N–H and O–H groups in total. The van der Waals surface area contributed by atoms with Crippen molar-refractivity contribution >= 4 is 11.8 Å². The molecule has 0 radical (unpaired) electrons. The van der Waals surface area contributed by atoms with E-state index >= 15 is 0 Å². The van der Waals surface area contributed by atoms with Gasteiger partial charge in [0.1, 0.15) is 5.60 Å². The molecule has 0 unspecified atom stereocenters. The molecule has 1 aliphatic heterocycles. The predicted molar refractivity (Wildman–Crippen MR) is 90.4 cm³/mol. The first-order valence-electron chi connectivity index (χ1n) is 8.01. The lowest BCUT2D eigenvalue weighted by Crippen LogP contribution is -2.47. The average Bonchev–Trinajstić information content (AvgIpc) is 2.53. The third kappa shape index (κ3) is 4.62. The van der Waals surface area contributed by atoms with Crippen LogP contribution in [0, 0.1) is 11.3 Å². The van der Waals surface area contributed by atoms with Gasteiger partial charge in [-0.25, -0.2) is 4.79 Å². The molecule has 0 spiro atoms. The van der Waals surface area contributed by atoms with Crippen molar-refractivity contribution in [3.8, 4) is 6.07 Å². The molecule has 1 amide bonds. The molecule has 2 rings (SSSR count). The van der Waals surface area contributed by atoms with Gasteiger partial charge < -0.3 is 14.5 Å². The van der Waals surface area contributed by atoms with E-state index in [0.717, 1.165) is 31.6 Å². The molecule has 23 heavy (non-hydrogen) atoms. The van der Waals surface area contributed by atoms with Crippen LogP contribution in [-0.4, -0.2) is 42.8 Å². The zero-order valence-corrected chi connectivity index (χ0v) is 14.4. The number of hydrogen-bond acceptors (Lipinski definition) is 4. The van der Waals surface area contributed by atoms with Crippen LogP contribution in [-0.2, 0) is 4.74 Å². The molecular weight excluding hydrogens is 290 g/mol. The van der Waals surface area contributed by atoms with E-state index in [0.29, 0.717) is 5.56 Å². The van der Waals surface area contributed by atoms with Crippen molar-refractivity contribution in [3.05, 3.63) is 29.8 Å². The Hall–Kier alpha value is -2.22. The quantitative estimate of drug-likeness (QED) is 0.839. The summed E-state index contributed by atoms with van der Waals surface area (Å²) in [5.74, 6) is 0. The number of nitrogens with zero attached hydrogens (tertiary/aromatic N) is 3. The first kappa shape index (κ1) is 17.1. The summed E-state index contributed by atoms with van der Waals surface area (Å²) in [6.07, 6.45) is 1.57. The Labute approximate surface area is 138 Å². The van der Waals surface area contributed by atoms with Gasteiger partial charge in [0.05, 0.1) is 11.6 Å². The third-order valence-electron chi connectivity index (χ3n) is 4.06. The van der Waals surface area contributed by atoms with Crippen molar-refractivity contribution in [2.24, 2.45) is 0 Å². The van der Waals surface area contributed by atoms with Crippen LogP contribution >= 0.6 is 0 Å². The zero-order chi connectivity index (χ0) is 17.0. The number of anilines is 1. The van der Waals surface area contributed by atoms with Crippen LogP contribution in [0.3, 0.4) is 0 Å². The topological polar surface area (TPSA) is 56.6 Å². The molecule has 5 heteroatoms. The highest BCUT2D eigenvalue weighted by Gasteiger charge is 2.28. The fourth-order valence-electron chi connectivity index (χ4n) is 2.74. The van der Waals surface area contributed by atoms with Gasteiger partial charge in [-0.1, -0.05) is 0 Å². The van der Waals surface area contributed by atoms with Gasteiger partial charge in [-0.2, -0.15) is 5.26 Å². The lowest BCUT2D eigenvalue weighted by molar-refractivity contribution is 0.0201. The van der Waals surface area contributed by atoms with Gasteiger partial charge in [-0.05, 0) is 57.9 Å². The Balaban J connectivity index is 1.90. The van der Waals surface area contributed by atoms with Gasteiger partial charge in [0.2, 0.25) is 0 Å². The molecule has 1 heterocycles. The number of nitriles is 1. The van der Waals surface area contributed by atoms with Gasteiger partial charge >= 0.3 is 6.09 Å². The normalized spacial score (nSPS) is 15.9. The summed E-state index contributed by atoms with van der Waals surface area (Å²) in [5, 5.41) is 8.85. The fraction of sp³-hybridized carbons (Fsp3) is 0.556. The molecule has 0 atom stereocenters. The van der Waals surface area contributed by atoms with Crippen LogP contribution in [0.4, 0.5) is 10.5 Å². The van der Waals surface area contributed by atoms with Crippen molar-refractivity contribution in [2.75, 3.05) is 25.0 Å². The van der Waals surface area contributed by atoms with Gasteiger partial charge in [0, 0.05) is 31.9 Å². The summed E-state index contributed by atoms with van der Waals surface area (Å²) < 4.78 is 5.43. The molecule has 0 saturated carbocycles. The second-order valence-electron chi connectivity index (χ2n) is 6.97. The van der Waals surface area contributed by atoms with E-state index < -0.39 is 5.60 Å². The van der Waals surface area contributed by atoms with Crippen LogP contribution in [0.25, 0.3) is 0 Å². The standard InChI is InChI=1S/C18H25N3O2/c1-18(2,3)23-17(22)20(4)15-9-11-21(12-10-15)16-7-5-14(13-19)6-8-16/h5-8,15H,9-12H2,1-4H3. The van der Waals surface area contributed by atoms with E-state index in [4.69, 9.17) is 10.00 Å². The molecule has 0 aromatic heterocycles. The minimum absolute atomic E-state index is 0.208. The van der Waals surface area contributed by atoms with Gasteiger partial charge in [-0.15, -0.1) is 0 Å². The van der Waals surface area contributed by atoms with Crippen LogP contribution in [0.5, 0.6) is 0 Å². The van der Waals surface area contributed by atoms with E-state index in [2.05, 4.69) is 11.0 Å². The highest BCUT2D eigenvalue weighted by Crippen LogP contribution is 2.23. The van der Waals surface area contributed by atoms with E-state index in [1.54, 1.807) is 4.90 Å². The van der Waals surface area contributed by atoms with Crippen molar-refractivity contribution in [3.63, 3.8) is 0 Å². The van der Waals surface area contributed by atoms with Crippen LogP contribution in [0.2, 0.25) is 0 Å². The Morgan fingerprint density at radius 1 is 1.26 bits per heavy atom. The number of hydrogen-bond donors (Lipinski definition) is 0. The van der Waals surface area contributed by atoms with Crippen molar-refractivity contribution in [1.82, 2.24) is 4.90 Å². The number of rotatable bonds is 2. The Morgan fingerprint density at radius 2 is 1.83 bits per heavy atom.